The zero-order valence-corrected chi connectivity index (χ0v) is 12.4. The van der Waals surface area contributed by atoms with Gasteiger partial charge in [0.25, 0.3) is 0 Å². The molecule has 2 heterocycles. The quantitative estimate of drug-likeness (QED) is 0.885. The number of piperidine rings is 1. The number of anilines is 2. The molecule has 0 amide bonds. The van der Waals surface area contributed by atoms with Gasteiger partial charge in [-0.1, -0.05) is 20.3 Å². The molecule has 0 saturated carbocycles. The van der Waals surface area contributed by atoms with Gasteiger partial charge in [-0.15, -0.1) is 0 Å². The predicted octanol–water partition coefficient (Wildman–Crippen LogP) is 3.10. The summed E-state index contributed by atoms with van der Waals surface area (Å²) in [5.41, 5.74) is 1.29. The molecule has 19 heavy (non-hydrogen) atoms. The van der Waals surface area contributed by atoms with Gasteiger partial charge < -0.3 is 10.2 Å². The van der Waals surface area contributed by atoms with Crippen LogP contribution in [0.4, 0.5) is 11.6 Å². The summed E-state index contributed by atoms with van der Waals surface area (Å²) in [4.78, 5) is 11.4. The van der Waals surface area contributed by atoms with Crippen molar-refractivity contribution < 1.29 is 0 Å². The van der Waals surface area contributed by atoms with Crippen LogP contribution in [-0.2, 0) is 6.42 Å². The molecule has 0 bridgehead atoms. The summed E-state index contributed by atoms with van der Waals surface area (Å²) in [7, 11) is 0. The summed E-state index contributed by atoms with van der Waals surface area (Å²) in [6.45, 7) is 9.82. The minimum absolute atomic E-state index is 0.848. The molecule has 0 unspecified atom stereocenters. The van der Waals surface area contributed by atoms with Gasteiger partial charge in [0.1, 0.15) is 18.0 Å². The average molecular weight is 262 g/mol. The summed E-state index contributed by atoms with van der Waals surface area (Å²) in [5, 5.41) is 3.37. The molecule has 0 aliphatic carbocycles. The highest BCUT2D eigenvalue weighted by Gasteiger charge is 2.21. The second-order valence-corrected chi connectivity index (χ2v) is 5.47. The molecule has 1 aliphatic rings. The Morgan fingerprint density at radius 2 is 2.00 bits per heavy atom. The predicted molar refractivity (Wildman–Crippen MR) is 80.8 cm³/mol. The van der Waals surface area contributed by atoms with Crippen molar-refractivity contribution in [1.29, 1.82) is 0 Å². The first kappa shape index (κ1) is 14.1. The van der Waals surface area contributed by atoms with E-state index >= 15 is 0 Å². The maximum atomic E-state index is 4.56. The van der Waals surface area contributed by atoms with Crippen molar-refractivity contribution in [2.75, 3.05) is 29.9 Å². The average Bonchev–Trinajstić information content (AvgIpc) is 2.42. The number of hydrogen-bond donors (Lipinski definition) is 1. The Morgan fingerprint density at radius 3 is 2.63 bits per heavy atom. The van der Waals surface area contributed by atoms with Crippen LogP contribution in [0.25, 0.3) is 0 Å². The molecule has 1 aromatic heterocycles. The van der Waals surface area contributed by atoms with Crippen molar-refractivity contribution in [3.05, 3.63) is 11.9 Å². The Morgan fingerprint density at radius 1 is 1.26 bits per heavy atom. The lowest BCUT2D eigenvalue weighted by atomic mass is 9.98. The van der Waals surface area contributed by atoms with Crippen LogP contribution < -0.4 is 10.2 Å². The van der Waals surface area contributed by atoms with E-state index in [9.17, 15) is 0 Å². The van der Waals surface area contributed by atoms with Crippen molar-refractivity contribution in [1.82, 2.24) is 9.97 Å². The third kappa shape index (κ3) is 3.37. The van der Waals surface area contributed by atoms with Crippen LogP contribution in [0.5, 0.6) is 0 Å². The van der Waals surface area contributed by atoms with Crippen LogP contribution in [0, 0.1) is 5.92 Å². The van der Waals surface area contributed by atoms with Gasteiger partial charge in [-0.25, -0.2) is 9.97 Å². The van der Waals surface area contributed by atoms with Crippen LogP contribution >= 0.6 is 0 Å². The van der Waals surface area contributed by atoms with Crippen molar-refractivity contribution in [3.63, 3.8) is 0 Å². The molecule has 2 rings (SSSR count). The van der Waals surface area contributed by atoms with Crippen molar-refractivity contribution in [2.45, 2.75) is 46.5 Å². The lowest BCUT2D eigenvalue weighted by Gasteiger charge is -2.32. The molecule has 1 aromatic rings. The Kier molecular flexibility index (Phi) is 5.00. The Balaban J connectivity index is 2.25. The third-order valence-electron chi connectivity index (χ3n) is 3.85. The molecule has 4 nitrogen and oxygen atoms in total. The second kappa shape index (κ2) is 6.73. The van der Waals surface area contributed by atoms with Gasteiger partial charge in [0, 0.05) is 25.2 Å². The minimum Gasteiger partial charge on any atom is -0.370 e. The first-order valence-electron chi connectivity index (χ1n) is 7.58. The zero-order chi connectivity index (χ0) is 13.7. The Hall–Kier alpha value is -1.32. The van der Waals surface area contributed by atoms with E-state index in [1.54, 1.807) is 6.33 Å². The van der Waals surface area contributed by atoms with E-state index in [1.807, 2.05) is 0 Å². The lowest BCUT2D eigenvalue weighted by molar-refractivity contribution is 0.436. The molecule has 0 spiro atoms. The highest BCUT2D eigenvalue weighted by atomic mass is 15.2. The molecular formula is C15H26N4. The summed E-state index contributed by atoms with van der Waals surface area (Å²) in [5.74, 6) is 3.02. The normalized spacial score (nSPS) is 16.7. The van der Waals surface area contributed by atoms with Gasteiger partial charge in [0.05, 0.1) is 0 Å². The number of nitrogens with one attached hydrogen (secondary N) is 1. The molecule has 1 N–H and O–H groups in total. The smallest absolute Gasteiger partial charge is 0.137 e. The zero-order valence-electron chi connectivity index (χ0n) is 12.4. The molecule has 106 valence electrons. The lowest BCUT2D eigenvalue weighted by Crippen LogP contribution is -2.34. The van der Waals surface area contributed by atoms with Gasteiger partial charge in [-0.3, -0.25) is 0 Å². The van der Waals surface area contributed by atoms with E-state index in [1.165, 1.54) is 18.4 Å². The van der Waals surface area contributed by atoms with E-state index in [2.05, 4.69) is 41.0 Å². The van der Waals surface area contributed by atoms with Gasteiger partial charge in [0.2, 0.25) is 0 Å². The molecule has 0 atom stereocenters. The number of rotatable bonds is 5. The van der Waals surface area contributed by atoms with Gasteiger partial charge in [-0.05, 0) is 32.1 Å². The fourth-order valence-electron chi connectivity index (χ4n) is 2.70. The maximum Gasteiger partial charge on any atom is 0.137 e. The fraction of sp³-hybridized carbons (Fsp3) is 0.733. The molecule has 1 saturated heterocycles. The van der Waals surface area contributed by atoms with Crippen molar-refractivity contribution >= 4 is 11.6 Å². The highest BCUT2D eigenvalue weighted by Crippen LogP contribution is 2.28. The topological polar surface area (TPSA) is 41.1 Å². The molecule has 0 radical (unpaired) electrons. The van der Waals surface area contributed by atoms with Gasteiger partial charge in [-0.2, -0.15) is 0 Å². The van der Waals surface area contributed by atoms with E-state index in [-0.39, 0.29) is 0 Å². The van der Waals surface area contributed by atoms with Crippen molar-refractivity contribution in [2.24, 2.45) is 5.92 Å². The second-order valence-electron chi connectivity index (χ2n) is 5.47. The molecule has 0 aromatic carbocycles. The number of hydrogen-bond acceptors (Lipinski definition) is 4. The van der Waals surface area contributed by atoms with Gasteiger partial charge in [0.15, 0.2) is 0 Å². The van der Waals surface area contributed by atoms with E-state index in [0.29, 0.717) is 0 Å². The summed E-state index contributed by atoms with van der Waals surface area (Å²) in [6, 6.07) is 0. The third-order valence-corrected chi connectivity index (χ3v) is 3.85. The fourth-order valence-corrected chi connectivity index (χ4v) is 2.70. The Bertz CT molecular complexity index is 397. The summed E-state index contributed by atoms with van der Waals surface area (Å²) < 4.78 is 0. The van der Waals surface area contributed by atoms with Crippen LogP contribution in [0.2, 0.25) is 0 Å². The number of nitrogens with zero attached hydrogens (tertiary/aromatic N) is 3. The largest absolute Gasteiger partial charge is 0.370 e. The van der Waals surface area contributed by atoms with Crippen LogP contribution in [0.1, 0.15) is 45.6 Å². The van der Waals surface area contributed by atoms with Gasteiger partial charge >= 0.3 is 0 Å². The molecule has 4 heteroatoms. The van der Waals surface area contributed by atoms with Crippen LogP contribution in [0.3, 0.4) is 0 Å². The number of aromatic nitrogens is 2. The maximum absolute atomic E-state index is 4.56. The van der Waals surface area contributed by atoms with Crippen molar-refractivity contribution in [3.8, 4) is 0 Å². The first-order valence-corrected chi connectivity index (χ1v) is 7.58. The van der Waals surface area contributed by atoms with Crippen LogP contribution in [-0.4, -0.2) is 29.6 Å². The molecule has 1 fully saturated rings. The van der Waals surface area contributed by atoms with E-state index < -0.39 is 0 Å². The standard InChI is InChI=1S/C15H26N4/c1-4-6-13-14(16-5-2)17-11-18-15(13)19-9-7-12(3)8-10-19/h11-12H,4-10H2,1-3H3,(H,16,17,18). The highest BCUT2D eigenvalue weighted by molar-refractivity contribution is 5.59. The molecule has 1 aliphatic heterocycles. The van der Waals surface area contributed by atoms with E-state index in [4.69, 9.17) is 0 Å². The van der Waals surface area contributed by atoms with Crippen LogP contribution in [0.15, 0.2) is 6.33 Å². The monoisotopic (exact) mass is 262 g/mol. The van der Waals surface area contributed by atoms with E-state index in [0.717, 1.165) is 50.0 Å². The minimum atomic E-state index is 0.848. The summed E-state index contributed by atoms with van der Waals surface area (Å²) >= 11 is 0. The molecular weight excluding hydrogens is 236 g/mol. The Labute approximate surface area is 116 Å². The summed E-state index contributed by atoms with van der Waals surface area (Å²) in [6.07, 6.45) is 6.41. The SMILES string of the molecule is CCCc1c(NCC)ncnc1N1CCC(C)CC1. The first-order chi connectivity index (χ1) is 9.26.